The van der Waals surface area contributed by atoms with E-state index in [1.54, 1.807) is 26.2 Å². The lowest BCUT2D eigenvalue weighted by molar-refractivity contribution is -0.146. The van der Waals surface area contributed by atoms with Gasteiger partial charge < -0.3 is 24.8 Å². The first kappa shape index (κ1) is 21.7. The molecule has 0 saturated heterocycles. The molecule has 32 heavy (non-hydrogen) atoms. The maximum atomic E-state index is 11.6. The number of imidazole rings is 1. The highest BCUT2D eigenvalue weighted by atomic mass is 16.5. The number of carbonyl (C=O) groups is 2. The van der Waals surface area contributed by atoms with Gasteiger partial charge in [0.1, 0.15) is 17.1 Å². The van der Waals surface area contributed by atoms with Crippen LogP contribution in [-0.4, -0.2) is 55.1 Å². The van der Waals surface area contributed by atoms with Crippen molar-refractivity contribution in [1.29, 1.82) is 0 Å². The zero-order valence-electron chi connectivity index (χ0n) is 18.1. The molecule has 2 aliphatic rings. The van der Waals surface area contributed by atoms with Gasteiger partial charge >= 0.3 is 5.97 Å². The standard InChI is InChI=1S/C21H25N5O3.CH2O2/c1-21(2,20(27)28)26-12-14(11-23-26)19-24-16-8-15(22-10-13-4-5-13)9-17-18(16)25(19)6-3-7-29-17;2-1-3/h8-9,11-13,22H,3-7,10H2,1-2H3,(H,27,28);1H,(H,2,3). The lowest BCUT2D eigenvalue weighted by atomic mass is 10.1. The maximum Gasteiger partial charge on any atom is 0.331 e. The second-order valence-electron chi connectivity index (χ2n) is 8.60. The van der Waals surface area contributed by atoms with Crippen LogP contribution in [0.25, 0.3) is 22.4 Å². The number of aliphatic carboxylic acids is 1. The highest BCUT2D eigenvalue weighted by Crippen LogP contribution is 2.37. The van der Waals surface area contributed by atoms with Crippen LogP contribution in [0.3, 0.4) is 0 Å². The Bertz CT molecular complexity index is 1150. The Kier molecular flexibility index (Phi) is 5.77. The van der Waals surface area contributed by atoms with Crippen LogP contribution in [-0.2, 0) is 21.7 Å². The Morgan fingerprint density at radius 1 is 1.38 bits per heavy atom. The van der Waals surface area contributed by atoms with Gasteiger partial charge in [-0.3, -0.25) is 9.48 Å². The van der Waals surface area contributed by atoms with Gasteiger partial charge in [-0.05, 0) is 45.1 Å². The lowest BCUT2D eigenvalue weighted by Crippen LogP contribution is -2.35. The molecule has 2 aromatic heterocycles. The van der Waals surface area contributed by atoms with Gasteiger partial charge in [-0.25, -0.2) is 9.78 Å². The van der Waals surface area contributed by atoms with Crippen molar-refractivity contribution in [1.82, 2.24) is 19.3 Å². The number of benzene rings is 1. The number of rotatable bonds is 6. The fourth-order valence-electron chi connectivity index (χ4n) is 3.71. The van der Waals surface area contributed by atoms with E-state index in [1.807, 2.05) is 0 Å². The summed E-state index contributed by atoms with van der Waals surface area (Å²) in [5.74, 6) is 1.48. The molecule has 0 amide bonds. The third-order valence-corrected chi connectivity index (χ3v) is 5.82. The molecule has 3 heterocycles. The smallest absolute Gasteiger partial charge is 0.331 e. The minimum absolute atomic E-state index is 0.250. The zero-order valence-corrected chi connectivity index (χ0v) is 18.1. The quantitative estimate of drug-likeness (QED) is 0.498. The number of carboxylic acids is 1. The summed E-state index contributed by atoms with van der Waals surface area (Å²) in [5.41, 5.74) is 2.57. The van der Waals surface area contributed by atoms with Crippen LogP contribution < -0.4 is 10.1 Å². The summed E-state index contributed by atoms with van der Waals surface area (Å²) >= 11 is 0. The van der Waals surface area contributed by atoms with Gasteiger partial charge in [-0.1, -0.05) is 0 Å². The van der Waals surface area contributed by atoms with E-state index < -0.39 is 11.5 Å². The van der Waals surface area contributed by atoms with Gasteiger partial charge in [0, 0.05) is 31.0 Å². The number of aromatic nitrogens is 4. The molecular formula is C22H27N5O5. The molecule has 3 N–H and O–H groups in total. The molecule has 0 spiro atoms. The molecule has 1 aromatic carbocycles. The van der Waals surface area contributed by atoms with E-state index in [0.717, 1.165) is 59.3 Å². The molecule has 0 bridgehead atoms. The third kappa shape index (κ3) is 4.12. The topological polar surface area (TPSA) is 131 Å². The van der Waals surface area contributed by atoms with Gasteiger partial charge in [0.25, 0.3) is 6.47 Å². The summed E-state index contributed by atoms with van der Waals surface area (Å²) in [5, 5.41) is 24.2. The number of nitrogens with zero attached hydrogens (tertiary/aromatic N) is 4. The fourth-order valence-corrected chi connectivity index (χ4v) is 3.71. The van der Waals surface area contributed by atoms with E-state index in [2.05, 4.69) is 27.1 Å². The van der Waals surface area contributed by atoms with Crippen molar-refractivity contribution in [2.75, 3.05) is 18.5 Å². The van der Waals surface area contributed by atoms with Gasteiger partial charge in [-0.15, -0.1) is 0 Å². The molecule has 0 unspecified atom stereocenters. The minimum atomic E-state index is -1.13. The summed E-state index contributed by atoms with van der Waals surface area (Å²) in [6.07, 6.45) is 6.93. The molecule has 170 valence electrons. The average Bonchev–Trinajstić information content (AvgIpc) is 3.38. The SMILES string of the molecule is CC(C)(C(=O)O)n1cc(-c2nc3cc(NCC4CC4)cc4c3n2CCCO4)cn1.O=CO. The Labute approximate surface area is 184 Å². The number of nitrogens with one attached hydrogen (secondary N) is 1. The zero-order chi connectivity index (χ0) is 22.9. The van der Waals surface area contributed by atoms with Crippen molar-refractivity contribution in [2.45, 2.75) is 45.2 Å². The molecule has 10 nitrogen and oxygen atoms in total. The van der Waals surface area contributed by atoms with E-state index in [9.17, 15) is 9.90 Å². The summed E-state index contributed by atoms with van der Waals surface area (Å²) in [6.45, 7) is 5.45. The summed E-state index contributed by atoms with van der Waals surface area (Å²) in [6, 6.07) is 4.14. The highest BCUT2D eigenvalue weighted by Gasteiger charge is 2.31. The summed E-state index contributed by atoms with van der Waals surface area (Å²) in [7, 11) is 0. The van der Waals surface area contributed by atoms with E-state index in [0.29, 0.717) is 6.61 Å². The van der Waals surface area contributed by atoms with Gasteiger partial charge in [0.05, 0.1) is 23.9 Å². The van der Waals surface area contributed by atoms with Crippen LogP contribution in [0.1, 0.15) is 33.1 Å². The first-order chi connectivity index (χ1) is 15.3. The van der Waals surface area contributed by atoms with Crippen molar-refractivity contribution < 1.29 is 24.5 Å². The highest BCUT2D eigenvalue weighted by molar-refractivity contribution is 5.89. The monoisotopic (exact) mass is 441 g/mol. The maximum absolute atomic E-state index is 11.6. The first-order valence-corrected chi connectivity index (χ1v) is 10.6. The fraction of sp³-hybridized carbons (Fsp3) is 0.455. The first-order valence-electron chi connectivity index (χ1n) is 10.6. The van der Waals surface area contributed by atoms with Crippen LogP contribution in [0.2, 0.25) is 0 Å². The van der Waals surface area contributed by atoms with Crippen molar-refractivity contribution >= 4 is 29.2 Å². The number of ether oxygens (including phenoxy) is 1. The number of hydrogen-bond acceptors (Lipinski definition) is 6. The normalized spacial score (nSPS) is 15.3. The van der Waals surface area contributed by atoms with Gasteiger partial charge in [0.15, 0.2) is 5.54 Å². The Hall–Kier alpha value is -3.56. The average molecular weight is 441 g/mol. The van der Waals surface area contributed by atoms with Gasteiger partial charge in [-0.2, -0.15) is 5.10 Å². The number of hydrogen-bond donors (Lipinski definition) is 3. The molecule has 5 rings (SSSR count). The predicted molar refractivity (Wildman–Crippen MR) is 118 cm³/mol. The Morgan fingerprint density at radius 3 is 2.81 bits per heavy atom. The van der Waals surface area contributed by atoms with Crippen molar-refractivity contribution in [3.05, 3.63) is 24.5 Å². The van der Waals surface area contributed by atoms with Crippen LogP contribution in [0.5, 0.6) is 5.75 Å². The molecule has 1 aliphatic carbocycles. The predicted octanol–water partition coefficient (Wildman–Crippen LogP) is 3.02. The molecule has 0 atom stereocenters. The molecule has 3 aromatic rings. The van der Waals surface area contributed by atoms with Gasteiger partial charge in [0.2, 0.25) is 0 Å². The number of carboxylic acid groups (broad SMARTS) is 2. The Morgan fingerprint density at radius 2 is 2.12 bits per heavy atom. The molecule has 1 fully saturated rings. The number of aryl methyl sites for hydroxylation is 1. The molecular weight excluding hydrogens is 414 g/mol. The van der Waals surface area contributed by atoms with Crippen molar-refractivity contribution in [3.8, 4) is 17.1 Å². The summed E-state index contributed by atoms with van der Waals surface area (Å²) in [4.78, 5) is 24.8. The van der Waals surface area contributed by atoms with E-state index >= 15 is 0 Å². The van der Waals surface area contributed by atoms with E-state index in [-0.39, 0.29) is 6.47 Å². The molecule has 1 aliphatic heterocycles. The van der Waals surface area contributed by atoms with Crippen LogP contribution >= 0.6 is 0 Å². The largest absolute Gasteiger partial charge is 0.491 e. The van der Waals surface area contributed by atoms with Crippen LogP contribution in [0.4, 0.5) is 5.69 Å². The van der Waals surface area contributed by atoms with Crippen LogP contribution in [0.15, 0.2) is 24.5 Å². The van der Waals surface area contributed by atoms with Crippen molar-refractivity contribution in [2.24, 2.45) is 5.92 Å². The second kappa shape index (κ2) is 8.52. The van der Waals surface area contributed by atoms with E-state index in [4.69, 9.17) is 19.6 Å². The lowest BCUT2D eigenvalue weighted by Gasteiger charge is -2.19. The molecule has 0 radical (unpaired) electrons. The third-order valence-electron chi connectivity index (χ3n) is 5.82. The van der Waals surface area contributed by atoms with Crippen molar-refractivity contribution in [3.63, 3.8) is 0 Å². The molecule has 10 heteroatoms. The second-order valence-corrected chi connectivity index (χ2v) is 8.60. The minimum Gasteiger partial charge on any atom is -0.491 e. The molecule has 1 saturated carbocycles. The van der Waals surface area contributed by atoms with Crippen LogP contribution in [0, 0.1) is 5.92 Å². The Balaban J connectivity index is 0.000000775. The van der Waals surface area contributed by atoms with E-state index in [1.165, 1.54) is 17.5 Å². The number of anilines is 1. The summed E-state index contributed by atoms with van der Waals surface area (Å²) < 4.78 is 9.67.